The van der Waals surface area contributed by atoms with Crippen molar-refractivity contribution in [1.82, 2.24) is 24.5 Å². The highest BCUT2D eigenvalue weighted by molar-refractivity contribution is 6.33. The first kappa shape index (κ1) is 23.3. The number of hydrogen-bond acceptors (Lipinski definition) is 4. The highest BCUT2D eigenvalue weighted by Gasteiger charge is 2.37. The fourth-order valence-electron chi connectivity index (χ4n) is 4.16. The van der Waals surface area contributed by atoms with E-state index in [1.807, 2.05) is 31.2 Å². The number of benzene rings is 1. The quantitative estimate of drug-likeness (QED) is 0.378. The van der Waals surface area contributed by atoms with Crippen LogP contribution in [0, 0.1) is 13.8 Å². The number of anilines is 1. The van der Waals surface area contributed by atoms with Crippen molar-refractivity contribution in [3.8, 4) is 0 Å². The molecule has 1 aliphatic rings. The minimum atomic E-state index is -4.55. The maximum absolute atomic E-state index is 13.8. The van der Waals surface area contributed by atoms with Crippen molar-refractivity contribution in [1.29, 1.82) is 0 Å². The summed E-state index contributed by atoms with van der Waals surface area (Å²) in [6.45, 7) is 3.61. The highest BCUT2D eigenvalue weighted by Crippen LogP contribution is 2.43. The molecule has 0 radical (unpaired) electrons. The molecule has 7 nitrogen and oxygen atoms in total. The Balaban J connectivity index is 1.39. The topological polar surface area (TPSA) is 77.6 Å². The van der Waals surface area contributed by atoms with E-state index in [4.69, 9.17) is 11.6 Å². The van der Waals surface area contributed by atoms with Crippen LogP contribution in [0.2, 0.25) is 5.02 Å². The van der Waals surface area contributed by atoms with Gasteiger partial charge in [-0.3, -0.25) is 9.48 Å². The maximum Gasteiger partial charge on any atom is 0.417 e. The number of aryl methyl sites for hydroxylation is 2. The number of nitrogens with zero attached hydrogens (tertiary/aromatic N) is 5. The van der Waals surface area contributed by atoms with Gasteiger partial charge in [-0.05, 0) is 38.3 Å². The van der Waals surface area contributed by atoms with Crippen molar-refractivity contribution in [2.75, 3.05) is 5.32 Å². The standard InChI is InChI=1S/C24H22ClF3N6O/c1-13-4-3-5-15(8-13)10-33-11-18(25)22(32-33)30-20(35)12-34-23-21(14(2)31-34)17(24(26,27)28)9-19(29-23)16-6-7-16/h3-5,8-9,11,16H,6-7,10,12H2,1-2H3,(H,30,32,35). The molecule has 1 aliphatic carbocycles. The van der Waals surface area contributed by atoms with Crippen molar-refractivity contribution in [2.24, 2.45) is 0 Å². The van der Waals surface area contributed by atoms with Crippen LogP contribution in [0.5, 0.6) is 0 Å². The molecule has 3 aromatic heterocycles. The molecular formula is C24H22ClF3N6O. The average molecular weight is 503 g/mol. The first-order chi connectivity index (χ1) is 16.6. The number of halogens is 4. The SMILES string of the molecule is Cc1cccc(Cn2cc(Cl)c(NC(=O)Cn3nc(C)c4c(C(F)(F)F)cc(C5CC5)nc43)n2)c1. The van der Waals surface area contributed by atoms with E-state index in [1.54, 1.807) is 10.9 Å². The van der Waals surface area contributed by atoms with Crippen LogP contribution in [0.3, 0.4) is 0 Å². The maximum atomic E-state index is 13.8. The summed E-state index contributed by atoms with van der Waals surface area (Å²) in [5.41, 5.74) is 1.96. The second kappa shape index (κ2) is 8.67. The molecule has 1 saturated carbocycles. The number of aromatic nitrogens is 5. The van der Waals surface area contributed by atoms with Crippen LogP contribution in [0.4, 0.5) is 19.0 Å². The number of nitrogens with one attached hydrogen (secondary N) is 1. The Morgan fingerprint density at radius 3 is 2.66 bits per heavy atom. The van der Waals surface area contributed by atoms with Crippen molar-refractivity contribution >= 4 is 34.4 Å². The van der Waals surface area contributed by atoms with Gasteiger partial charge in [-0.2, -0.15) is 23.4 Å². The molecule has 5 rings (SSSR count). The zero-order chi connectivity index (χ0) is 24.9. The number of pyridine rings is 1. The Morgan fingerprint density at radius 1 is 1.20 bits per heavy atom. The molecule has 1 fully saturated rings. The van der Waals surface area contributed by atoms with Crippen LogP contribution in [0.15, 0.2) is 36.5 Å². The molecule has 0 saturated heterocycles. The number of rotatable bonds is 6. The molecule has 0 bridgehead atoms. The molecule has 182 valence electrons. The summed E-state index contributed by atoms with van der Waals surface area (Å²) >= 11 is 6.26. The lowest BCUT2D eigenvalue weighted by molar-refractivity contribution is -0.136. The van der Waals surface area contributed by atoms with Crippen LogP contribution >= 0.6 is 11.6 Å². The lowest BCUT2D eigenvalue weighted by Gasteiger charge is -2.11. The predicted molar refractivity (Wildman–Crippen MR) is 125 cm³/mol. The summed E-state index contributed by atoms with van der Waals surface area (Å²) in [6.07, 6.45) is -1.35. The van der Waals surface area contributed by atoms with Crippen molar-refractivity contribution in [3.05, 3.63) is 69.6 Å². The predicted octanol–water partition coefficient (Wildman–Crippen LogP) is 5.48. The Kier molecular flexibility index (Phi) is 5.79. The van der Waals surface area contributed by atoms with Gasteiger partial charge in [-0.15, -0.1) is 0 Å². The molecule has 0 aliphatic heterocycles. The highest BCUT2D eigenvalue weighted by atomic mass is 35.5. The molecule has 4 aromatic rings. The van der Waals surface area contributed by atoms with E-state index < -0.39 is 17.6 Å². The first-order valence-corrected chi connectivity index (χ1v) is 11.5. The number of alkyl halides is 3. The smallest absolute Gasteiger partial charge is 0.306 e. The van der Waals surface area contributed by atoms with Crippen LogP contribution in [-0.4, -0.2) is 30.5 Å². The van der Waals surface area contributed by atoms with Crippen LogP contribution in [-0.2, 0) is 24.1 Å². The number of carbonyl (C=O) groups is 1. The van der Waals surface area contributed by atoms with E-state index in [-0.39, 0.29) is 40.0 Å². The number of amides is 1. The lowest BCUT2D eigenvalue weighted by atomic mass is 10.1. The normalized spacial score (nSPS) is 14.0. The molecule has 0 atom stereocenters. The van der Waals surface area contributed by atoms with E-state index in [1.165, 1.54) is 11.6 Å². The van der Waals surface area contributed by atoms with E-state index >= 15 is 0 Å². The van der Waals surface area contributed by atoms with Gasteiger partial charge in [0, 0.05) is 17.8 Å². The van der Waals surface area contributed by atoms with Crippen molar-refractivity contribution in [2.45, 2.75) is 51.9 Å². The molecule has 1 N–H and O–H groups in total. The summed E-state index contributed by atoms with van der Waals surface area (Å²) < 4.78 is 44.1. The third-order valence-electron chi connectivity index (χ3n) is 5.89. The summed E-state index contributed by atoms with van der Waals surface area (Å²) in [5.74, 6) is -0.349. The molecule has 1 amide bonds. The van der Waals surface area contributed by atoms with Gasteiger partial charge >= 0.3 is 6.18 Å². The zero-order valence-corrected chi connectivity index (χ0v) is 19.8. The van der Waals surface area contributed by atoms with E-state index in [0.717, 1.165) is 30.0 Å². The van der Waals surface area contributed by atoms with Gasteiger partial charge in [0.25, 0.3) is 0 Å². The Morgan fingerprint density at radius 2 is 1.97 bits per heavy atom. The van der Waals surface area contributed by atoms with Crippen molar-refractivity contribution < 1.29 is 18.0 Å². The van der Waals surface area contributed by atoms with Gasteiger partial charge in [0.15, 0.2) is 11.5 Å². The molecule has 11 heteroatoms. The van der Waals surface area contributed by atoms with Gasteiger partial charge in [0.1, 0.15) is 11.6 Å². The monoisotopic (exact) mass is 502 g/mol. The lowest BCUT2D eigenvalue weighted by Crippen LogP contribution is -2.20. The number of hydrogen-bond donors (Lipinski definition) is 1. The Bertz CT molecular complexity index is 1440. The van der Waals surface area contributed by atoms with Gasteiger partial charge in [0.2, 0.25) is 5.91 Å². The van der Waals surface area contributed by atoms with Gasteiger partial charge < -0.3 is 5.32 Å². The van der Waals surface area contributed by atoms with Gasteiger partial charge in [-0.25, -0.2) is 9.67 Å². The second-order valence-electron chi connectivity index (χ2n) is 8.87. The average Bonchev–Trinajstić information content (AvgIpc) is 3.50. The molecule has 3 heterocycles. The molecule has 0 spiro atoms. The Hall–Kier alpha value is -3.40. The summed E-state index contributed by atoms with van der Waals surface area (Å²) in [5, 5.41) is 11.3. The second-order valence-corrected chi connectivity index (χ2v) is 9.28. The summed E-state index contributed by atoms with van der Waals surface area (Å²) in [7, 11) is 0. The van der Waals surface area contributed by atoms with Crippen molar-refractivity contribution in [3.63, 3.8) is 0 Å². The van der Waals surface area contributed by atoms with Crippen LogP contribution in [0.1, 0.15) is 46.8 Å². The van der Waals surface area contributed by atoms with Crippen LogP contribution in [0.25, 0.3) is 11.0 Å². The summed E-state index contributed by atoms with van der Waals surface area (Å²) in [4.78, 5) is 17.2. The minimum absolute atomic E-state index is 0.00848. The Labute approximate surface area is 203 Å². The molecule has 0 unspecified atom stereocenters. The minimum Gasteiger partial charge on any atom is -0.306 e. The van der Waals surface area contributed by atoms with Gasteiger partial charge in [0.05, 0.1) is 23.2 Å². The fourth-order valence-corrected chi connectivity index (χ4v) is 4.36. The number of carbonyl (C=O) groups excluding carboxylic acids is 1. The first-order valence-electron chi connectivity index (χ1n) is 11.1. The van der Waals surface area contributed by atoms with Crippen LogP contribution < -0.4 is 5.32 Å². The molecule has 1 aromatic carbocycles. The molecular weight excluding hydrogens is 481 g/mol. The van der Waals surface area contributed by atoms with E-state index in [2.05, 4.69) is 20.5 Å². The third kappa shape index (κ3) is 4.88. The zero-order valence-electron chi connectivity index (χ0n) is 19.0. The largest absolute Gasteiger partial charge is 0.417 e. The summed E-state index contributed by atoms with van der Waals surface area (Å²) in [6, 6.07) is 9.04. The van der Waals surface area contributed by atoms with E-state index in [9.17, 15) is 18.0 Å². The number of fused-ring (bicyclic) bond motifs is 1. The van der Waals surface area contributed by atoms with E-state index in [0.29, 0.717) is 12.2 Å². The fraction of sp³-hybridized carbons (Fsp3) is 0.333. The third-order valence-corrected chi connectivity index (χ3v) is 6.17. The molecule has 35 heavy (non-hydrogen) atoms. The van der Waals surface area contributed by atoms with Gasteiger partial charge in [-0.1, -0.05) is 41.4 Å².